The summed E-state index contributed by atoms with van der Waals surface area (Å²) in [7, 11) is 1.67. The van der Waals surface area contributed by atoms with Crippen molar-refractivity contribution in [2.45, 2.75) is 51.3 Å². The van der Waals surface area contributed by atoms with Crippen LogP contribution in [-0.4, -0.2) is 94.9 Å². The molecule has 1 saturated heterocycles. The Morgan fingerprint density at radius 1 is 1.20 bits per heavy atom. The first-order chi connectivity index (χ1) is 19.8. The predicted octanol–water partition coefficient (Wildman–Crippen LogP) is 2.28. The van der Waals surface area contributed by atoms with Gasteiger partial charge in [-0.3, -0.25) is 14.4 Å². The minimum Gasteiger partial charge on any atom is -0.376 e. The molecular weight excluding hydrogens is 527 g/mol. The summed E-state index contributed by atoms with van der Waals surface area (Å²) in [4.78, 5) is 48.0. The van der Waals surface area contributed by atoms with Gasteiger partial charge in [0.15, 0.2) is 0 Å². The summed E-state index contributed by atoms with van der Waals surface area (Å²) in [6.45, 7) is 5.30. The second kappa shape index (κ2) is 14.2. The topological polar surface area (TPSA) is 108 Å². The molecule has 10 nitrogen and oxygen atoms in total. The van der Waals surface area contributed by atoms with Crippen LogP contribution in [0.5, 0.6) is 0 Å². The number of ether oxygens (including phenoxy) is 1. The SMILES string of the molecule is CCOC(C)C(NC(=O)CNC)C(=O)N1CCCC1CN(CCc1ccc(F)cc1)C(=O)c1cn2ccccc2n1. The molecule has 11 heteroatoms. The van der Waals surface area contributed by atoms with Crippen LogP contribution in [0.15, 0.2) is 54.9 Å². The Morgan fingerprint density at radius 3 is 2.68 bits per heavy atom. The molecular formula is C30H39FN6O4. The number of carbonyl (C=O) groups is 3. The Morgan fingerprint density at radius 2 is 1.98 bits per heavy atom. The number of imidazole rings is 1. The summed E-state index contributed by atoms with van der Waals surface area (Å²) in [5, 5.41) is 5.63. The van der Waals surface area contributed by atoms with Crippen LogP contribution < -0.4 is 10.6 Å². The van der Waals surface area contributed by atoms with Gasteiger partial charge in [-0.05, 0) is 70.0 Å². The maximum Gasteiger partial charge on any atom is 0.274 e. The number of likely N-dealkylation sites (tertiary alicyclic amines) is 1. The second-order valence-corrected chi connectivity index (χ2v) is 10.3. The van der Waals surface area contributed by atoms with Crippen LogP contribution in [0.2, 0.25) is 0 Å². The normalized spacial score (nSPS) is 16.5. The van der Waals surface area contributed by atoms with Crippen LogP contribution in [0.4, 0.5) is 4.39 Å². The van der Waals surface area contributed by atoms with Crippen molar-refractivity contribution in [2.75, 3.05) is 39.8 Å². The number of benzene rings is 1. The third kappa shape index (κ3) is 7.68. The van der Waals surface area contributed by atoms with Gasteiger partial charge in [0.2, 0.25) is 11.8 Å². The summed E-state index contributed by atoms with van der Waals surface area (Å²) in [6, 6.07) is 10.7. The molecule has 1 aliphatic heterocycles. The number of carbonyl (C=O) groups excluding carboxylic acids is 3. The molecule has 3 amide bonds. The van der Waals surface area contributed by atoms with Crippen LogP contribution in [-0.2, 0) is 20.7 Å². The lowest BCUT2D eigenvalue weighted by Crippen LogP contribution is -2.57. The quantitative estimate of drug-likeness (QED) is 0.329. The minimum atomic E-state index is -0.849. The number of rotatable bonds is 13. The molecule has 0 bridgehead atoms. The van der Waals surface area contributed by atoms with Crippen LogP contribution >= 0.6 is 0 Å². The van der Waals surface area contributed by atoms with Crippen molar-refractivity contribution in [3.05, 3.63) is 71.9 Å². The van der Waals surface area contributed by atoms with Crippen LogP contribution in [0.25, 0.3) is 5.65 Å². The molecule has 0 radical (unpaired) electrons. The number of hydrogen-bond acceptors (Lipinski definition) is 6. The Kier molecular flexibility index (Phi) is 10.4. The molecule has 0 saturated carbocycles. The molecule has 0 aliphatic carbocycles. The van der Waals surface area contributed by atoms with E-state index in [9.17, 15) is 18.8 Å². The van der Waals surface area contributed by atoms with Gasteiger partial charge < -0.3 is 29.6 Å². The van der Waals surface area contributed by atoms with E-state index < -0.39 is 12.1 Å². The number of pyridine rings is 1. The van der Waals surface area contributed by atoms with Crippen molar-refractivity contribution in [3.8, 4) is 0 Å². The third-order valence-corrected chi connectivity index (χ3v) is 7.36. The number of halogens is 1. The zero-order valence-electron chi connectivity index (χ0n) is 23.9. The maximum absolute atomic E-state index is 13.8. The highest BCUT2D eigenvalue weighted by molar-refractivity contribution is 5.93. The van der Waals surface area contributed by atoms with E-state index in [1.807, 2.05) is 31.3 Å². The summed E-state index contributed by atoms with van der Waals surface area (Å²) >= 11 is 0. The fourth-order valence-corrected chi connectivity index (χ4v) is 5.26. The van der Waals surface area contributed by atoms with E-state index in [4.69, 9.17) is 4.74 Å². The lowest BCUT2D eigenvalue weighted by molar-refractivity contribution is -0.141. The number of likely N-dealkylation sites (N-methyl/N-ethyl adjacent to an activating group) is 1. The van der Waals surface area contributed by atoms with Crippen LogP contribution in [0.1, 0.15) is 42.7 Å². The highest BCUT2D eigenvalue weighted by Crippen LogP contribution is 2.22. The monoisotopic (exact) mass is 566 g/mol. The van der Waals surface area contributed by atoms with Crippen LogP contribution in [0.3, 0.4) is 0 Å². The number of aromatic nitrogens is 2. The Balaban J connectivity index is 1.55. The van der Waals surface area contributed by atoms with E-state index in [-0.39, 0.29) is 36.1 Å². The average Bonchev–Trinajstić information content (AvgIpc) is 3.61. The number of hydrogen-bond donors (Lipinski definition) is 2. The predicted molar refractivity (Wildman–Crippen MR) is 153 cm³/mol. The van der Waals surface area contributed by atoms with E-state index in [0.29, 0.717) is 44.0 Å². The van der Waals surface area contributed by atoms with Crippen LogP contribution in [0, 0.1) is 5.82 Å². The number of nitrogens with one attached hydrogen (secondary N) is 2. The zero-order chi connectivity index (χ0) is 29.4. The maximum atomic E-state index is 13.8. The molecule has 3 aromatic rings. The van der Waals surface area contributed by atoms with E-state index in [1.165, 1.54) is 12.1 Å². The van der Waals surface area contributed by atoms with Gasteiger partial charge in [-0.1, -0.05) is 18.2 Å². The summed E-state index contributed by atoms with van der Waals surface area (Å²) in [6.07, 6.45) is 5.04. The Labute approximate surface area is 239 Å². The Hall–Kier alpha value is -3.83. The Bertz CT molecular complexity index is 1300. The standard InChI is InChI=1S/C30H39FN6O4/c1-4-41-21(2)28(34-27(38)18-32-3)30(40)37-16-7-8-24(37)19-36(17-14-22-10-12-23(31)13-11-22)29(39)25-20-35-15-6-5-9-26(35)33-25/h5-6,9-13,15,20-21,24,28,32H,4,7-8,14,16-19H2,1-3H3,(H,34,38). The minimum absolute atomic E-state index is 0.0801. The van der Waals surface area contributed by atoms with Gasteiger partial charge in [0.25, 0.3) is 5.91 Å². The molecule has 3 unspecified atom stereocenters. The first-order valence-corrected chi connectivity index (χ1v) is 14.1. The average molecular weight is 567 g/mol. The lowest BCUT2D eigenvalue weighted by atomic mass is 10.1. The molecule has 4 rings (SSSR count). The van der Waals surface area contributed by atoms with Gasteiger partial charge in [0, 0.05) is 44.7 Å². The van der Waals surface area contributed by atoms with Crippen molar-refractivity contribution >= 4 is 23.4 Å². The van der Waals surface area contributed by atoms with Crippen molar-refractivity contribution in [1.82, 2.24) is 29.8 Å². The largest absolute Gasteiger partial charge is 0.376 e. The number of amides is 3. The fraction of sp³-hybridized carbons (Fsp3) is 0.467. The van der Waals surface area contributed by atoms with Gasteiger partial charge in [0.05, 0.1) is 12.6 Å². The number of fused-ring (bicyclic) bond motifs is 1. The summed E-state index contributed by atoms with van der Waals surface area (Å²) in [5.41, 5.74) is 1.88. The lowest BCUT2D eigenvalue weighted by Gasteiger charge is -2.34. The molecule has 0 spiro atoms. The third-order valence-electron chi connectivity index (χ3n) is 7.36. The molecule has 1 aromatic carbocycles. The van der Waals surface area contributed by atoms with E-state index in [1.54, 1.807) is 46.5 Å². The van der Waals surface area contributed by atoms with E-state index in [0.717, 1.165) is 18.4 Å². The van der Waals surface area contributed by atoms with Crippen molar-refractivity contribution in [3.63, 3.8) is 0 Å². The van der Waals surface area contributed by atoms with Crippen molar-refractivity contribution < 1.29 is 23.5 Å². The molecule has 1 fully saturated rings. The molecule has 220 valence electrons. The van der Waals surface area contributed by atoms with Gasteiger partial charge in [-0.25, -0.2) is 9.37 Å². The fourth-order valence-electron chi connectivity index (χ4n) is 5.26. The highest BCUT2D eigenvalue weighted by Gasteiger charge is 2.38. The van der Waals surface area contributed by atoms with Gasteiger partial charge >= 0.3 is 0 Å². The van der Waals surface area contributed by atoms with Gasteiger partial charge in [-0.2, -0.15) is 0 Å². The second-order valence-electron chi connectivity index (χ2n) is 10.3. The molecule has 3 atom stereocenters. The number of nitrogens with zero attached hydrogens (tertiary/aromatic N) is 4. The molecule has 41 heavy (non-hydrogen) atoms. The molecule has 1 aliphatic rings. The van der Waals surface area contributed by atoms with E-state index in [2.05, 4.69) is 15.6 Å². The smallest absolute Gasteiger partial charge is 0.274 e. The van der Waals surface area contributed by atoms with Gasteiger partial charge in [0.1, 0.15) is 23.2 Å². The molecule has 2 N–H and O–H groups in total. The van der Waals surface area contributed by atoms with Crippen molar-refractivity contribution in [1.29, 1.82) is 0 Å². The zero-order valence-corrected chi connectivity index (χ0v) is 23.9. The van der Waals surface area contributed by atoms with Gasteiger partial charge in [-0.15, -0.1) is 0 Å². The summed E-state index contributed by atoms with van der Waals surface area (Å²) in [5.74, 6) is -1.08. The van der Waals surface area contributed by atoms with E-state index >= 15 is 0 Å². The first-order valence-electron chi connectivity index (χ1n) is 14.1. The molecule has 3 heterocycles. The highest BCUT2D eigenvalue weighted by atomic mass is 19.1. The summed E-state index contributed by atoms with van der Waals surface area (Å²) < 4.78 is 21.0. The van der Waals surface area contributed by atoms with Crippen molar-refractivity contribution in [2.24, 2.45) is 0 Å². The first kappa shape index (κ1) is 30.1. The molecule has 2 aromatic heterocycles.